The van der Waals surface area contributed by atoms with E-state index in [0.717, 1.165) is 0 Å². The Morgan fingerprint density at radius 3 is 2.60 bits per heavy atom. The highest BCUT2D eigenvalue weighted by Crippen LogP contribution is 2.22. The Balaban J connectivity index is 2.81. The van der Waals surface area contributed by atoms with Crippen LogP contribution in [0.2, 0.25) is 5.15 Å². The van der Waals surface area contributed by atoms with E-state index in [4.69, 9.17) is 11.6 Å². The number of hydrogen-bond acceptors (Lipinski definition) is 4. The minimum absolute atomic E-state index is 0.156. The molecule has 0 saturated carbocycles. The van der Waals surface area contributed by atoms with Gasteiger partial charge in [-0.3, -0.25) is 4.79 Å². The summed E-state index contributed by atoms with van der Waals surface area (Å²) in [5, 5.41) is 2.49. The molecule has 2 N–H and O–H groups in total. The number of rotatable bonds is 4. The van der Waals surface area contributed by atoms with Crippen LogP contribution in [-0.4, -0.2) is 31.4 Å². The second kappa shape index (κ2) is 6.38. The summed E-state index contributed by atoms with van der Waals surface area (Å²) in [5.74, 6) is -0.430. The minimum Gasteiger partial charge on any atom is -0.350 e. The average Bonchev–Trinajstić information content (AvgIpc) is 2.27. The van der Waals surface area contributed by atoms with Crippen molar-refractivity contribution in [1.82, 2.24) is 15.0 Å². The van der Waals surface area contributed by atoms with Gasteiger partial charge in [-0.15, -0.1) is 0 Å². The molecule has 1 rings (SSSR count). The molecule has 0 radical (unpaired) electrons. The Kier molecular flexibility index (Phi) is 5.54. The number of carbonyl (C=O) groups is 1. The van der Waals surface area contributed by atoms with Crippen molar-refractivity contribution in [1.29, 1.82) is 0 Å². The normalized spacial score (nSPS) is 12.2. The van der Waals surface area contributed by atoms with Gasteiger partial charge in [0.1, 0.15) is 10.0 Å². The molecule has 0 spiro atoms. The highest BCUT2D eigenvalue weighted by atomic mass is 79.9. The quantitative estimate of drug-likeness (QED) is 0.773. The standard InChI is InChI=1S/C11H15BrClN3O3S/c1-11(2,3)16-9(17)6-15-20(18,19)8-4-7(12)5-14-10(8)13/h4-5,15H,6H2,1-3H3,(H,16,17). The first-order chi connectivity index (χ1) is 9.01. The van der Waals surface area contributed by atoms with Crippen LogP contribution in [-0.2, 0) is 14.8 Å². The first-order valence-electron chi connectivity index (χ1n) is 5.63. The van der Waals surface area contributed by atoms with Gasteiger partial charge in [-0.1, -0.05) is 11.6 Å². The second-order valence-corrected chi connectivity index (χ2v) is 8.07. The monoisotopic (exact) mass is 383 g/mol. The van der Waals surface area contributed by atoms with E-state index in [1.165, 1.54) is 12.3 Å². The van der Waals surface area contributed by atoms with Crippen molar-refractivity contribution < 1.29 is 13.2 Å². The van der Waals surface area contributed by atoms with Crippen LogP contribution in [0.5, 0.6) is 0 Å². The Morgan fingerprint density at radius 1 is 1.45 bits per heavy atom. The van der Waals surface area contributed by atoms with E-state index in [1.54, 1.807) is 20.8 Å². The molecule has 1 aromatic rings. The molecule has 1 amide bonds. The van der Waals surface area contributed by atoms with Crippen molar-refractivity contribution in [2.75, 3.05) is 6.54 Å². The van der Waals surface area contributed by atoms with Gasteiger partial charge in [-0.25, -0.2) is 18.1 Å². The molecule has 9 heteroatoms. The average molecular weight is 385 g/mol. The number of nitrogens with one attached hydrogen (secondary N) is 2. The number of carbonyl (C=O) groups excluding carboxylic acids is 1. The second-order valence-electron chi connectivity index (χ2n) is 5.07. The van der Waals surface area contributed by atoms with E-state index >= 15 is 0 Å². The maximum atomic E-state index is 12.0. The Morgan fingerprint density at radius 2 is 2.05 bits per heavy atom. The number of nitrogens with zero attached hydrogens (tertiary/aromatic N) is 1. The molecule has 0 aliphatic carbocycles. The number of sulfonamides is 1. The fourth-order valence-electron chi connectivity index (χ4n) is 1.29. The molecule has 6 nitrogen and oxygen atoms in total. The van der Waals surface area contributed by atoms with E-state index in [9.17, 15) is 13.2 Å². The first kappa shape index (κ1) is 17.4. The Bertz CT molecular complexity index is 614. The van der Waals surface area contributed by atoms with Crippen molar-refractivity contribution in [2.45, 2.75) is 31.2 Å². The predicted octanol–water partition coefficient (Wildman–Crippen LogP) is 1.69. The fraction of sp³-hybridized carbons (Fsp3) is 0.455. The molecule has 1 heterocycles. The lowest BCUT2D eigenvalue weighted by atomic mass is 10.1. The van der Waals surface area contributed by atoms with Crippen molar-refractivity contribution in [3.8, 4) is 0 Å². The highest BCUT2D eigenvalue weighted by Gasteiger charge is 2.21. The molecule has 0 saturated heterocycles. The topological polar surface area (TPSA) is 88.2 Å². The molecule has 0 unspecified atom stereocenters. The summed E-state index contributed by atoms with van der Waals surface area (Å²) in [5.41, 5.74) is -0.433. The summed E-state index contributed by atoms with van der Waals surface area (Å²) in [6.07, 6.45) is 1.38. The van der Waals surface area contributed by atoms with E-state index < -0.39 is 21.5 Å². The van der Waals surface area contributed by atoms with Crippen LogP contribution in [0.3, 0.4) is 0 Å². The van der Waals surface area contributed by atoms with E-state index in [-0.39, 0.29) is 16.6 Å². The lowest BCUT2D eigenvalue weighted by Gasteiger charge is -2.20. The molecule has 0 aliphatic rings. The Hall–Kier alpha value is -0.700. The highest BCUT2D eigenvalue weighted by molar-refractivity contribution is 9.10. The summed E-state index contributed by atoms with van der Waals surface area (Å²) in [6, 6.07) is 1.32. The third-order valence-corrected chi connectivity index (χ3v) is 4.26. The van der Waals surface area contributed by atoms with Gasteiger partial charge in [0.2, 0.25) is 15.9 Å². The number of amides is 1. The van der Waals surface area contributed by atoms with Crippen LogP contribution in [0.25, 0.3) is 0 Å². The van der Waals surface area contributed by atoms with Crippen LogP contribution in [0, 0.1) is 0 Å². The zero-order valence-corrected chi connectivity index (χ0v) is 14.4. The molecule has 0 bridgehead atoms. The SMILES string of the molecule is CC(C)(C)NC(=O)CNS(=O)(=O)c1cc(Br)cnc1Cl. The molecule has 1 aromatic heterocycles. The Labute approximate surface area is 131 Å². The zero-order valence-electron chi connectivity index (χ0n) is 11.2. The molecule has 0 aliphatic heterocycles. The number of pyridine rings is 1. The van der Waals surface area contributed by atoms with Gasteiger partial charge < -0.3 is 5.32 Å². The van der Waals surface area contributed by atoms with Crippen LogP contribution in [0.4, 0.5) is 0 Å². The smallest absolute Gasteiger partial charge is 0.244 e. The van der Waals surface area contributed by atoms with Gasteiger partial charge in [0.05, 0.1) is 6.54 Å². The van der Waals surface area contributed by atoms with Crippen molar-refractivity contribution in [3.63, 3.8) is 0 Å². The number of halogens is 2. The maximum Gasteiger partial charge on any atom is 0.244 e. The summed E-state index contributed by atoms with van der Waals surface area (Å²) in [7, 11) is -3.90. The van der Waals surface area contributed by atoms with E-state index in [1.807, 2.05) is 0 Å². The van der Waals surface area contributed by atoms with Gasteiger partial charge in [-0.05, 0) is 42.8 Å². The maximum absolute atomic E-state index is 12.0. The largest absolute Gasteiger partial charge is 0.350 e. The third-order valence-electron chi connectivity index (χ3n) is 2.00. The minimum atomic E-state index is -3.90. The van der Waals surface area contributed by atoms with Gasteiger partial charge in [0.25, 0.3) is 0 Å². The molecule has 0 fully saturated rings. The number of aromatic nitrogens is 1. The van der Waals surface area contributed by atoms with Crippen LogP contribution >= 0.6 is 27.5 Å². The molecule has 20 heavy (non-hydrogen) atoms. The lowest BCUT2D eigenvalue weighted by Crippen LogP contribution is -2.45. The van der Waals surface area contributed by atoms with E-state index in [0.29, 0.717) is 4.47 Å². The molecule has 0 atom stereocenters. The van der Waals surface area contributed by atoms with Crippen molar-refractivity contribution in [2.24, 2.45) is 0 Å². The predicted molar refractivity (Wildman–Crippen MR) is 80.0 cm³/mol. The third kappa shape index (κ3) is 5.35. The molecule has 112 valence electrons. The summed E-state index contributed by atoms with van der Waals surface area (Å²) < 4.78 is 26.7. The fourth-order valence-corrected chi connectivity index (χ4v) is 3.22. The zero-order chi connectivity index (χ0) is 15.6. The molecule has 0 aromatic carbocycles. The van der Waals surface area contributed by atoms with Crippen LogP contribution in [0.1, 0.15) is 20.8 Å². The van der Waals surface area contributed by atoms with Gasteiger partial charge >= 0.3 is 0 Å². The van der Waals surface area contributed by atoms with Gasteiger partial charge in [-0.2, -0.15) is 0 Å². The van der Waals surface area contributed by atoms with Crippen molar-refractivity contribution >= 4 is 43.5 Å². The van der Waals surface area contributed by atoms with Gasteiger partial charge in [0, 0.05) is 16.2 Å². The lowest BCUT2D eigenvalue weighted by molar-refractivity contribution is -0.121. The number of hydrogen-bond donors (Lipinski definition) is 2. The molecular weight excluding hydrogens is 370 g/mol. The summed E-state index contributed by atoms with van der Waals surface area (Å²) in [4.78, 5) is 15.1. The van der Waals surface area contributed by atoms with Crippen molar-refractivity contribution in [3.05, 3.63) is 21.9 Å². The van der Waals surface area contributed by atoms with E-state index in [2.05, 4.69) is 31.0 Å². The van der Waals surface area contributed by atoms with Crippen LogP contribution < -0.4 is 10.0 Å². The van der Waals surface area contributed by atoms with Gasteiger partial charge in [0.15, 0.2) is 0 Å². The first-order valence-corrected chi connectivity index (χ1v) is 8.28. The summed E-state index contributed by atoms with van der Waals surface area (Å²) in [6.45, 7) is 5.03. The molecular formula is C11H15BrClN3O3S. The van der Waals surface area contributed by atoms with Crippen LogP contribution in [0.15, 0.2) is 21.6 Å². The summed E-state index contributed by atoms with van der Waals surface area (Å²) >= 11 is 8.87.